The van der Waals surface area contributed by atoms with E-state index in [2.05, 4.69) is 21.8 Å². The number of fused-ring (bicyclic) bond motifs is 1. The molecule has 2 N–H and O–H groups in total. The molecule has 1 aromatic heterocycles. The summed E-state index contributed by atoms with van der Waals surface area (Å²) in [6, 6.07) is 9.26. The van der Waals surface area contributed by atoms with Crippen LogP contribution in [0, 0.1) is 0 Å². The molecule has 4 rings (SSSR count). The summed E-state index contributed by atoms with van der Waals surface area (Å²) >= 11 is 0. The third kappa shape index (κ3) is 5.65. The average molecular weight is 394 g/mol. The molecular formula is C22H26N4O3. The molecule has 0 amide bonds. The van der Waals surface area contributed by atoms with Crippen LogP contribution in [-0.2, 0) is 11.2 Å². The van der Waals surface area contributed by atoms with Crippen molar-refractivity contribution >= 4 is 23.6 Å². The van der Waals surface area contributed by atoms with Crippen molar-refractivity contribution in [1.29, 1.82) is 0 Å². The van der Waals surface area contributed by atoms with Gasteiger partial charge in [0.1, 0.15) is 17.9 Å². The smallest absolute Gasteiger partial charge is 0.186 e. The number of nitrogen functional groups attached to an aromatic ring is 1. The molecule has 0 unspecified atom stereocenters. The van der Waals surface area contributed by atoms with Gasteiger partial charge in [-0.1, -0.05) is 12.1 Å². The first-order valence-electron chi connectivity index (χ1n) is 9.64. The van der Waals surface area contributed by atoms with Gasteiger partial charge in [0.15, 0.2) is 5.78 Å². The topological polar surface area (TPSA) is 88.8 Å². The van der Waals surface area contributed by atoms with Crippen molar-refractivity contribution in [2.45, 2.75) is 6.42 Å². The van der Waals surface area contributed by atoms with Crippen LogP contribution >= 0.6 is 0 Å². The van der Waals surface area contributed by atoms with Crippen LogP contribution in [0.4, 0.5) is 11.5 Å². The molecule has 7 nitrogen and oxygen atoms in total. The number of aromatic nitrogens is 1. The van der Waals surface area contributed by atoms with E-state index in [0.29, 0.717) is 24.3 Å². The Morgan fingerprint density at radius 3 is 2.66 bits per heavy atom. The minimum atomic E-state index is -0.180. The molecule has 0 saturated carbocycles. The Labute approximate surface area is 170 Å². The van der Waals surface area contributed by atoms with Crippen LogP contribution in [0.25, 0.3) is 0 Å². The fourth-order valence-electron chi connectivity index (χ4n) is 3.19. The normalized spacial score (nSPS) is 16.0. The number of carbonyl (C=O) groups is 2. The highest BCUT2D eigenvalue weighted by Crippen LogP contribution is 2.26. The number of benzene rings is 1. The van der Waals surface area contributed by atoms with Crippen LogP contribution in [0.15, 0.2) is 48.7 Å². The van der Waals surface area contributed by atoms with Crippen molar-refractivity contribution in [3.8, 4) is 5.75 Å². The first kappa shape index (κ1) is 20.5. The van der Waals surface area contributed by atoms with E-state index in [1.165, 1.54) is 17.8 Å². The van der Waals surface area contributed by atoms with Crippen molar-refractivity contribution < 1.29 is 14.3 Å². The number of allylic oxidation sites excluding steroid dienone is 2. The van der Waals surface area contributed by atoms with Crippen LogP contribution in [0.2, 0.25) is 0 Å². The Morgan fingerprint density at radius 2 is 1.97 bits per heavy atom. The van der Waals surface area contributed by atoms with Crippen LogP contribution in [-0.4, -0.2) is 61.8 Å². The summed E-state index contributed by atoms with van der Waals surface area (Å²) in [6.45, 7) is 5.05. The van der Waals surface area contributed by atoms with Gasteiger partial charge >= 0.3 is 0 Å². The zero-order valence-electron chi connectivity index (χ0n) is 16.6. The van der Waals surface area contributed by atoms with E-state index in [1.807, 2.05) is 24.4 Å². The maximum absolute atomic E-state index is 11.5. The lowest BCUT2D eigenvalue weighted by molar-refractivity contribution is -0.104. The van der Waals surface area contributed by atoms with E-state index in [-0.39, 0.29) is 5.78 Å². The Hall–Kier alpha value is -3.19. The lowest BCUT2D eigenvalue weighted by Crippen LogP contribution is -2.44. The van der Waals surface area contributed by atoms with E-state index >= 15 is 0 Å². The second-order valence-electron chi connectivity index (χ2n) is 7.01. The zero-order chi connectivity index (χ0) is 20.6. The first-order chi connectivity index (χ1) is 14.1. The number of piperazine rings is 1. The first-order valence-corrected chi connectivity index (χ1v) is 9.64. The minimum absolute atomic E-state index is 0.180. The predicted molar refractivity (Wildman–Crippen MR) is 114 cm³/mol. The van der Waals surface area contributed by atoms with E-state index in [4.69, 9.17) is 10.5 Å². The zero-order valence-corrected chi connectivity index (χ0v) is 16.6. The quantitative estimate of drug-likeness (QED) is 0.482. The summed E-state index contributed by atoms with van der Waals surface area (Å²) in [5.41, 5.74) is 8.39. The molecule has 0 radical (unpaired) electrons. The Morgan fingerprint density at radius 1 is 1.17 bits per heavy atom. The number of hydrogen-bond donors (Lipinski definition) is 1. The third-order valence-electron chi connectivity index (χ3n) is 4.95. The Balaban J connectivity index is 0.000000166. The monoisotopic (exact) mass is 394 g/mol. The SMILES string of the molecule is CN1CCN(c2ccc(N)nc2)CC1.O=C/C=C/C(=O)c1ccc2c(c1)OCC2. The summed E-state index contributed by atoms with van der Waals surface area (Å²) < 4.78 is 5.35. The van der Waals surface area contributed by atoms with Crippen LogP contribution in [0.3, 0.4) is 0 Å². The van der Waals surface area contributed by atoms with E-state index in [0.717, 1.165) is 43.9 Å². The van der Waals surface area contributed by atoms with Gasteiger partial charge in [-0.25, -0.2) is 4.98 Å². The molecule has 3 heterocycles. The van der Waals surface area contributed by atoms with Gasteiger partial charge in [0, 0.05) is 38.2 Å². The number of hydrogen-bond acceptors (Lipinski definition) is 7. The molecule has 29 heavy (non-hydrogen) atoms. The van der Waals surface area contributed by atoms with E-state index < -0.39 is 0 Å². The van der Waals surface area contributed by atoms with Gasteiger partial charge in [0.25, 0.3) is 0 Å². The summed E-state index contributed by atoms with van der Waals surface area (Å²) in [7, 11) is 2.15. The van der Waals surface area contributed by atoms with Crippen molar-refractivity contribution in [1.82, 2.24) is 9.88 Å². The lowest BCUT2D eigenvalue weighted by atomic mass is 10.1. The maximum Gasteiger partial charge on any atom is 0.186 e. The molecular weight excluding hydrogens is 368 g/mol. The van der Waals surface area contributed by atoms with Crippen molar-refractivity contribution in [3.63, 3.8) is 0 Å². The molecule has 1 fully saturated rings. The fourth-order valence-corrected chi connectivity index (χ4v) is 3.19. The summed E-state index contributed by atoms with van der Waals surface area (Å²) in [4.78, 5) is 30.3. The number of likely N-dealkylation sites (N-methyl/N-ethyl adjacent to an activating group) is 1. The van der Waals surface area contributed by atoms with Crippen LogP contribution in [0.1, 0.15) is 15.9 Å². The molecule has 152 valence electrons. The number of carbonyl (C=O) groups excluding carboxylic acids is 2. The summed E-state index contributed by atoms with van der Waals surface area (Å²) in [5, 5.41) is 0. The van der Waals surface area contributed by atoms with Gasteiger partial charge in [-0.05, 0) is 43.0 Å². The maximum atomic E-state index is 11.5. The molecule has 7 heteroatoms. The Bertz CT molecular complexity index is 872. The van der Waals surface area contributed by atoms with Gasteiger partial charge in [0.2, 0.25) is 0 Å². The van der Waals surface area contributed by atoms with Crippen molar-refractivity contribution in [2.75, 3.05) is 50.5 Å². The van der Waals surface area contributed by atoms with Gasteiger partial charge in [0.05, 0.1) is 18.5 Å². The van der Waals surface area contributed by atoms with Crippen molar-refractivity contribution in [3.05, 3.63) is 59.8 Å². The van der Waals surface area contributed by atoms with E-state index in [9.17, 15) is 9.59 Å². The van der Waals surface area contributed by atoms with Gasteiger partial charge in [-0.3, -0.25) is 9.59 Å². The predicted octanol–water partition coefficient (Wildman–Crippen LogP) is 1.97. The third-order valence-corrected chi connectivity index (χ3v) is 4.95. The number of ketones is 1. The van der Waals surface area contributed by atoms with Gasteiger partial charge < -0.3 is 20.3 Å². The van der Waals surface area contributed by atoms with Crippen LogP contribution < -0.4 is 15.4 Å². The molecule has 0 aliphatic carbocycles. The average Bonchev–Trinajstić information content (AvgIpc) is 3.21. The molecule has 2 aliphatic heterocycles. The molecule has 2 aliphatic rings. The van der Waals surface area contributed by atoms with Crippen molar-refractivity contribution in [2.24, 2.45) is 0 Å². The summed E-state index contributed by atoms with van der Waals surface area (Å²) in [5.74, 6) is 1.18. The number of nitrogens with zero attached hydrogens (tertiary/aromatic N) is 3. The minimum Gasteiger partial charge on any atom is -0.493 e. The molecule has 2 aromatic rings. The lowest BCUT2D eigenvalue weighted by Gasteiger charge is -2.33. The second kappa shape index (κ2) is 9.84. The number of nitrogens with two attached hydrogens (primary N) is 1. The number of anilines is 2. The number of ether oxygens (including phenoxy) is 1. The molecule has 0 bridgehead atoms. The van der Waals surface area contributed by atoms with Gasteiger partial charge in [-0.2, -0.15) is 0 Å². The molecule has 1 saturated heterocycles. The van der Waals surface area contributed by atoms with E-state index in [1.54, 1.807) is 12.1 Å². The highest BCUT2D eigenvalue weighted by atomic mass is 16.5. The molecule has 1 aromatic carbocycles. The number of pyridine rings is 1. The highest BCUT2D eigenvalue weighted by molar-refractivity contribution is 6.06. The standard InChI is InChI=1S/C12H10O3.C10H16N4/c13-6-1-2-11(14)10-4-3-9-5-7-15-12(9)8-10;1-13-4-6-14(7-5-13)9-2-3-10(11)12-8-9/h1-4,6,8H,5,7H2;2-3,8H,4-7H2,1H3,(H2,11,12)/b2-1+;. The second-order valence-corrected chi connectivity index (χ2v) is 7.01. The summed E-state index contributed by atoms with van der Waals surface area (Å²) in [6.07, 6.45) is 5.77. The number of rotatable bonds is 4. The van der Waals surface area contributed by atoms with Crippen LogP contribution in [0.5, 0.6) is 5.75 Å². The van der Waals surface area contributed by atoms with Gasteiger partial charge in [-0.15, -0.1) is 0 Å². The number of aldehydes is 1. The largest absolute Gasteiger partial charge is 0.493 e. The Kier molecular flexibility index (Phi) is 6.97. The molecule has 0 atom stereocenters. The highest BCUT2D eigenvalue weighted by Gasteiger charge is 2.14. The molecule has 0 spiro atoms. The fraction of sp³-hybridized carbons (Fsp3) is 0.318.